The molecule has 0 spiro atoms. The quantitative estimate of drug-likeness (QED) is 0.779. The molecule has 1 aliphatic heterocycles. The van der Waals surface area contributed by atoms with Crippen molar-refractivity contribution in [1.82, 2.24) is 10.2 Å². The van der Waals surface area contributed by atoms with Gasteiger partial charge in [0.25, 0.3) is 5.91 Å². The van der Waals surface area contributed by atoms with E-state index in [-0.39, 0.29) is 24.4 Å². The van der Waals surface area contributed by atoms with E-state index in [1.807, 2.05) is 7.05 Å². The minimum absolute atomic E-state index is 0. The van der Waals surface area contributed by atoms with Gasteiger partial charge in [-0.1, -0.05) is 0 Å². The van der Waals surface area contributed by atoms with Crippen molar-refractivity contribution in [1.29, 1.82) is 0 Å². The fourth-order valence-corrected chi connectivity index (χ4v) is 2.18. The number of amides is 3. The number of nitrogens with zero attached hydrogens (tertiary/aromatic N) is 1. The smallest absolute Gasteiger partial charge is 0.316 e. The molecule has 0 aliphatic carbocycles. The molecule has 1 aromatic carbocycles. The molecule has 0 bridgehead atoms. The third-order valence-corrected chi connectivity index (χ3v) is 3.30. The zero-order chi connectivity index (χ0) is 13.8. The van der Waals surface area contributed by atoms with Crippen molar-refractivity contribution in [3.05, 3.63) is 29.8 Å². The lowest BCUT2D eigenvalue weighted by atomic mass is 10.1. The van der Waals surface area contributed by atoms with Crippen LogP contribution in [0.25, 0.3) is 0 Å². The maximum absolute atomic E-state index is 12.3. The fraction of sp³-hybridized carbons (Fsp3) is 0.385. The van der Waals surface area contributed by atoms with Crippen molar-refractivity contribution >= 4 is 30.0 Å². The summed E-state index contributed by atoms with van der Waals surface area (Å²) in [6.07, 6.45) is 0.976. The highest BCUT2D eigenvalue weighted by atomic mass is 35.5. The molecule has 0 aromatic heterocycles. The third kappa shape index (κ3) is 3.85. The minimum Gasteiger partial charge on any atom is -0.351 e. The first-order chi connectivity index (χ1) is 9.08. The first-order valence-corrected chi connectivity index (χ1v) is 6.22. The van der Waals surface area contributed by atoms with E-state index in [1.54, 1.807) is 29.2 Å². The first kappa shape index (κ1) is 16.3. The van der Waals surface area contributed by atoms with Crippen molar-refractivity contribution < 1.29 is 9.59 Å². The summed E-state index contributed by atoms with van der Waals surface area (Å²) in [7, 11) is 1.82. The van der Waals surface area contributed by atoms with Crippen molar-refractivity contribution in [2.45, 2.75) is 12.5 Å². The summed E-state index contributed by atoms with van der Waals surface area (Å²) in [5.74, 6) is -0.0145. The first-order valence-electron chi connectivity index (χ1n) is 6.22. The van der Waals surface area contributed by atoms with Crippen LogP contribution in [0.2, 0.25) is 0 Å². The molecule has 1 aromatic rings. The largest absolute Gasteiger partial charge is 0.351 e. The molecule has 1 heterocycles. The lowest BCUT2D eigenvalue weighted by Gasteiger charge is -2.23. The van der Waals surface area contributed by atoms with Gasteiger partial charge < -0.3 is 21.3 Å². The Kier molecular flexibility index (Phi) is 5.79. The average Bonchev–Trinajstić information content (AvgIpc) is 2.91. The lowest BCUT2D eigenvalue weighted by Crippen LogP contribution is -2.38. The number of benzene rings is 1. The highest BCUT2D eigenvalue weighted by molar-refractivity contribution is 5.95. The third-order valence-electron chi connectivity index (χ3n) is 3.30. The summed E-state index contributed by atoms with van der Waals surface area (Å²) in [6, 6.07) is 6.33. The number of halogens is 1. The molecule has 2 rings (SSSR count). The van der Waals surface area contributed by atoms with Crippen LogP contribution < -0.4 is 16.4 Å². The number of nitrogens with two attached hydrogens (primary N) is 1. The molecule has 20 heavy (non-hydrogen) atoms. The Morgan fingerprint density at radius 3 is 2.50 bits per heavy atom. The Balaban J connectivity index is 0.00000200. The Morgan fingerprint density at radius 2 is 2.00 bits per heavy atom. The molecule has 110 valence electrons. The SMILES string of the molecule is CN(C(=O)c1ccc(NC(N)=O)cc1)C1CCNC1.Cl. The van der Waals surface area contributed by atoms with Crippen LogP contribution in [-0.2, 0) is 0 Å². The van der Waals surface area contributed by atoms with E-state index < -0.39 is 6.03 Å². The number of anilines is 1. The standard InChI is InChI=1S/C13H18N4O2.ClH/c1-17(11-6-7-15-8-11)12(18)9-2-4-10(5-3-9)16-13(14)19;/h2-5,11,15H,6-8H2,1H3,(H3,14,16,19);1H. The maximum Gasteiger partial charge on any atom is 0.316 e. The molecule has 1 unspecified atom stereocenters. The number of carbonyl (C=O) groups excluding carboxylic acids is 2. The zero-order valence-electron chi connectivity index (χ0n) is 11.3. The number of urea groups is 1. The molecule has 0 radical (unpaired) electrons. The lowest BCUT2D eigenvalue weighted by molar-refractivity contribution is 0.0744. The van der Waals surface area contributed by atoms with Gasteiger partial charge >= 0.3 is 6.03 Å². The molecule has 7 heteroatoms. The Hall–Kier alpha value is -1.79. The number of rotatable bonds is 3. The molecule has 1 saturated heterocycles. The normalized spacial score (nSPS) is 17.1. The van der Waals surface area contributed by atoms with Crippen LogP contribution in [0.5, 0.6) is 0 Å². The van der Waals surface area contributed by atoms with Gasteiger partial charge in [-0.3, -0.25) is 4.79 Å². The van der Waals surface area contributed by atoms with E-state index >= 15 is 0 Å². The second-order valence-electron chi connectivity index (χ2n) is 4.63. The molecular weight excluding hydrogens is 280 g/mol. The Morgan fingerprint density at radius 1 is 1.35 bits per heavy atom. The van der Waals surface area contributed by atoms with Crippen LogP contribution >= 0.6 is 12.4 Å². The van der Waals surface area contributed by atoms with Crippen LogP contribution in [0.15, 0.2) is 24.3 Å². The summed E-state index contributed by atoms with van der Waals surface area (Å²) >= 11 is 0. The molecule has 0 saturated carbocycles. The van der Waals surface area contributed by atoms with Gasteiger partial charge in [0, 0.05) is 30.9 Å². The van der Waals surface area contributed by atoms with E-state index in [0.717, 1.165) is 19.5 Å². The molecule has 4 N–H and O–H groups in total. The number of likely N-dealkylation sites (N-methyl/N-ethyl adjacent to an activating group) is 1. The van der Waals surface area contributed by atoms with Gasteiger partial charge in [0.15, 0.2) is 0 Å². The molecule has 3 amide bonds. The molecule has 1 atom stereocenters. The van der Waals surface area contributed by atoms with Crippen molar-refractivity contribution in [2.75, 3.05) is 25.5 Å². The fourth-order valence-electron chi connectivity index (χ4n) is 2.18. The summed E-state index contributed by atoms with van der Waals surface area (Å²) < 4.78 is 0. The minimum atomic E-state index is -0.617. The topological polar surface area (TPSA) is 87.5 Å². The van der Waals surface area contributed by atoms with Gasteiger partial charge in [-0.25, -0.2) is 4.79 Å². The highest BCUT2D eigenvalue weighted by Crippen LogP contribution is 2.14. The van der Waals surface area contributed by atoms with E-state index in [9.17, 15) is 9.59 Å². The Bertz CT molecular complexity index is 472. The second kappa shape index (κ2) is 7.12. The van der Waals surface area contributed by atoms with Crippen molar-refractivity contribution in [3.8, 4) is 0 Å². The predicted octanol–water partition coefficient (Wildman–Crippen LogP) is 1.03. The Labute approximate surface area is 124 Å². The van der Waals surface area contributed by atoms with Crippen LogP contribution in [0, 0.1) is 0 Å². The van der Waals surface area contributed by atoms with Crippen LogP contribution in [0.3, 0.4) is 0 Å². The van der Waals surface area contributed by atoms with Gasteiger partial charge in [0.2, 0.25) is 0 Å². The van der Waals surface area contributed by atoms with Crippen LogP contribution in [0.1, 0.15) is 16.8 Å². The van der Waals surface area contributed by atoms with Crippen LogP contribution in [0.4, 0.5) is 10.5 Å². The van der Waals surface area contributed by atoms with Crippen LogP contribution in [-0.4, -0.2) is 43.0 Å². The number of carbonyl (C=O) groups is 2. The zero-order valence-corrected chi connectivity index (χ0v) is 12.1. The van der Waals surface area contributed by atoms with Crippen molar-refractivity contribution in [3.63, 3.8) is 0 Å². The average molecular weight is 299 g/mol. The number of nitrogens with one attached hydrogen (secondary N) is 2. The van der Waals surface area contributed by atoms with Gasteiger partial charge in [0.05, 0.1) is 0 Å². The van der Waals surface area contributed by atoms with E-state index in [1.165, 1.54) is 0 Å². The predicted molar refractivity (Wildman–Crippen MR) is 80.3 cm³/mol. The molecule has 6 nitrogen and oxygen atoms in total. The monoisotopic (exact) mass is 298 g/mol. The molecular formula is C13H19ClN4O2. The van der Waals surface area contributed by atoms with E-state index in [2.05, 4.69) is 10.6 Å². The summed E-state index contributed by atoms with van der Waals surface area (Å²) in [5, 5.41) is 5.69. The summed E-state index contributed by atoms with van der Waals surface area (Å²) in [5.41, 5.74) is 6.20. The van der Waals surface area contributed by atoms with Gasteiger partial charge in [0.1, 0.15) is 0 Å². The summed E-state index contributed by atoms with van der Waals surface area (Å²) in [6.45, 7) is 1.79. The molecule has 1 aliphatic rings. The van der Waals surface area contributed by atoms with Gasteiger partial charge in [-0.15, -0.1) is 12.4 Å². The van der Waals surface area contributed by atoms with Gasteiger partial charge in [-0.05, 0) is 37.2 Å². The highest BCUT2D eigenvalue weighted by Gasteiger charge is 2.23. The number of hydrogen-bond acceptors (Lipinski definition) is 3. The summed E-state index contributed by atoms with van der Waals surface area (Å²) in [4.78, 5) is 24.7. The van der Waals surface area contributed by atoms with Gasteiger partial charge in [-0.2, -0.15) is 0 Å². The van der Waals surface area contributed by atoms with Crippen molar-refractivity contribution in [2.24, 2.45) is 5.73 Å². The number of primary amides is 1. The van der Waals surface area contributed by atoms with E-state index in [0.29, 0.717) is 11.3 Å². The number of hydrogen-bond donors (Lipinski definition) is 3. The second-order valence-corrected chi connectivity index (χ2v) is 4.63. The maximum atomic E-state index is 12.3. The molecule has 1 fully saturated rings. The van der Waals surface area contributed by atoms with E-state index in [4.69, 9.17) is 5.73 Å².